The zero-order chi connectivity index (χ0) is 13.8. The first-order chi connectivity index (χ1) is 9.11. The standard InChI is InChI=1S/C15H22N2OS/c1-11(2)8-9-17-14(18)10-16-15(17)12-4-6-13(19-3)7-5-12/h4-7,11,15-16H,8-10H2,1-3H3. The monoisotopic (exact) mass is 278 g/mol. The number of thioether (sulfide) groups is 1. The third-order valence-electron chi connectivity index (χ3n) is 3.46. The van der Waals surface area contributed by atoms with Crippen molar-refractivity contribution >= 4 is 17.7 Å². The van der Waals surface area contributed by atoms with E-state index >= 15 is 0 Å². The SMILES string of the molecule is CSc1ccc(C2NCC(=O)N2CCC(C)C)cc1. The van der Waals surface area contributed by atoms with Crippen LogP contribution in [0.1, 0.15) is 32.0 Å². The Morgan fingerprint density at radius 3 is 2.63 bits per heavy atom. The third-order valence-corrected chi connectivity index (χ3v) is 4.20. The number of benzene rings is 1. The summed E-state index contributed by atoms with van der Waals surface area (Å²) in [5.74, 6) is 0.826. The molecule has 0 bridgehead atoms. The Morgan fingerprint density at radius 2 is 2.05 bits per heavy atom. The number of nitrogens with one attached hydrogen (secondary N) is 1. The first-order valence-corrected chi connectivity index (χ1v) is 8.01. The van der Waals surface area contributed by atoms with Gasteiger partial charge in [-0.1, -0.05) is 26.0 Å². The first-order valence-electron chi connectivity index (χ1n) is 6.78. The first kappa shape index (κ1) is 14.4. The molecule has 1 atom stereocenters. The van der Waals surface area contributed by atoms with Gasteiger partial charge in [-0.05, 0) is 36.3 Å². The maximum Gasteiger partial charge on any atom is 0.238 e. The molecule has 0 aromatic heterocycles. The summed E-state index contributed by atoms with van der Waals surface area (Å²) in [4.78, 5) is 15.2. The van der Waals surface area contributed by atoms with E-state index in [2.05, 4.69) is 49.7 Å². The quantitative estimate of drug-likeness (QED) is 0.841. The van der Waals surface area contributed by atoms with Crippen LogP contribution in [0.3, 0.4) is 0 Å². The van der Waals surface area contributed by atoms with Crippen LogP contribution in [-0.2, 0) is 4.79 Å². The number of hydrogen-bond donors (Lipinski definition) is 1. The van der Waals surface area contributed by atoms with Crippen LogP contribution >= 0.6 is 11.8 Å². The van der Waals surface area contributed by atoms with Crippen LogP contribution in [0.15, 0.2) is 29.2 Å². The minimum atomic E-state index is 0.0437. The topological polar surface area (TPSA) is 32.3 Å². The van der Waals surface area contributed by atoms with E-state index in [1.807, 2.05) is 4.90 Å². The Hall–Kier alpha value is -1.00. The molecule has 1 aromatic rings. The largest absolute Gasteiger partial charge is 0.322 e. The van der Waals surface area contributed by atoms with Crippen molar-refractivity contribution in [3.8, 4) is 0 Å². The molecule has 104 valence electrons. The van der Waals surface area contributed by atoms with Gasteiger partial charge in [0.25, 0.3) is 0 Å². The van der Waals surface area contributed by atoms with Gasteiger partial charge < -0.3 is 4.90 Å². The van der Waals surface area contributed by atoms with Crippen LogP contribution in [0.4, 0.5) is 0 Å². The van der Waals surface area contributed by atoms with Crippen molar-refractivity contribution in [1.82, 2.24) is 10.2 Å². The number of nitrogens with zero attached hydrogens (tertiary/aromatic N) is 1. The number of carbonyl (C=O) groups excluding carboxylic acids is 1. The molecule has 0 spiro atoms. The van der Waals surface area contributed by atoms with Crippen LogP contribution in [0.25, 0.3) is 0 Å². The molecule has 3 nitrogen and oxygen atoms in total. The predicted octanol–water partition coefficient (Wildman–Crippen LogP) is 2.89. The number of hydrogen-bond acceptors (Lipinski definition) is 3. The summed E-state index contributed by atoms with van der Waals surface area (Å²) in [6, 6.07) is 8.46. The van der Waals surface area contributed by atoms with Crippen LogP contribution in [-0.4, -0.2) is 30.2 Å². The Kier molecular flexibility index (Phi) is 4.88. The Morgan fingerprint density at radius 1 is 1.37 bits per heavy atom. The van der Waals surface area contributed by atoms with Crippen molar-refractivity contribution in [3.05, 3.63) is 29.8 Å². The van der Waals surface area contributed by atoms with Crippen LogP contribution in [0.5, 0.6) is 0 Å². The van der Waals surface area contributed by atoms with E-state index in [1.165, 1.54) is 10.5 Å². The summed E-state index contributed by atoms with van der Waals surface area (Å²) >= 11 is 1.73. The van der Waals surface area contributed by atoms with E-state index in [9.17, 15) is 4.79 Å². The van der Waals surface area contributed by atoms with Crippen LogP contribution in [0, 0.1) is 5.92 Å². The van der Waals surface area contributed by atoms with Crippen molar-refractivity contribution in [3.63, 3.8) is 0 Å². The van der Waals surface area contributed by atoms with Gasteiger partial charge in [-0.3, -0.25) is 10.1 Å². The highest BCUT2D eigenvalue weighted by Crippen LogP contribution is 2.25. The molecular formula is C15H22N2OS. The molecule has 4 heteroatoms. The van der Waals surface area contributed by atoms with Crippen molar-refractivity contribution < 1.29 is 4.79 Å². The van der Waals surface area contributed by atoms with Gasteiger partial charge in [-0.25, -0.2) is 0 Å². The molecule has 1 amide bonds. The molecule has 0 saturated carbocycles. The molecular weight excluding hydrogens is 256 g/mol. The zero-order valence-electron chi connectivity index (χ0n) is 11.8. The van der Waals surface area contributed by atoms with E-state index in [1.54, 1.807) is 11.8 Å². The maximum absolute atomic E-state index is 12.0. The predicted molar refractivity (Wildman–Crippen MR) is 80.1 cm³/mol. The molecule has 1 unspecified atom stereocenters. The Balaban J connectivity index is 2.10. The lowest BCUT2D eigenvalue weighted by atomic mass is 10.1. The summed E-state index contributed by atoms with van der Waals surface area (Å²) in [6.45, 7) is 5.66. The van der Waals surface area contributed by atoms with Gasteiger partial charge in [0.05, 0.1) is 6.54 Å². The Labute approximate surface area is 119 Å². The van der Waals surface area contributed by atoms with Gasteiger partial charge in [0.2, 0.25) is 5.91 Å². The summed E-state index contributed by atoms with van der Waals surface area (Å²) < 4.78 is 0. The lowest BCUT2D eigenvalue weighted by Gasteiger charge is -2.25. The molecule has 1 aromatic carbocycles. The molecule has 1 aliphatic rings. The third kappa shape index (κ3) is 3.51. The number of carbonyl (C=O) groups is 1. The summed E-state index contributed by atoms with van der Waals surface area (Å²) in [5.41, 5.74) is 1.17. The van der Waals surface area contributed by atoms with Gasteiger partial charge >= 0.3 is 0 Å². The van der Waals surface area contributed by atoms with E-state index in [0.29, 0.717) is 12.5 Å². The fourth-order valence-corrected chi connectivity index (χ4v) is 2.68. The highest BCUT2D eigenvalue weighted by molar-refractivity contribution is 7.98. The summed E-state index contributed by atoms with van der Waals surface area (Å²) in [6.07, 6.45) is 3.16. The molecule has 1 aliphatic heterocycles. The highest BCUT2D eigenvalue weighted by atomic mass is 32.2. The highest BCUT2D eigenvalue weighted by Gasteiger charge is 2.30. The molecule has 1 heterocycles. The number of amides is 1. The minimum absolute atomic E-state index is 0.0437. The van der Waals surface area contributed by atoms with E-state index in [-0.39, 0.29) is 12.1 Å². The van der Waals surface area contributed by atoms with E-state index in [0.717, 1.165) is 13.0 Å². The van der Waals surface area contributed by atoms with Gasteiger partial charge in [0, 0.05) is 11.4 Å². The molecule has 1 saturated heterocycles. The average molecular weight is 278 g/mol. The van der Waals surface area contributed by atoms with Crippen LogP contribution in [0.2, 0.25) is 0 Å². The lowest BCUT2D eigenvalue weighted by molar-refractivity contribution is -0.128. The smallest absolute Gasteiger partial charge is 0.238 e. The van der Waals surface area contributed by atoms with E-state index < -0.39 is 0 Å². The second-order valence-electron chi connectivity index (χ2n) is 5.33. The van der Waals surface area contributed by atoms with Gasteiger partial charge in [0.15, 0.2) is 0 Å². The molecule has 1 fully saturated rings. The zero-order valence-corrected chi connectivity index (χ0v) is 12.7. The Bertz CT molecular complexity index is 430. The number of rotatable bonds is 5. The second kappa shape index (κ2) is 6.44. The van der Waals surface area contributed by atoms with Gasteiger partial charge in [-0.15, -0.1) is 11.8 Å². The molecule has 19 heavy (non-hydrogen) atoms. The fourth-order valence-electron chi connectivity index (χ4n) is 2.27. The van der Waals surface area contributed by atoms with Crippen molar-refractivity contribution in [2.24, 2.45) is 5.92 Å². The molecule has 1 N–H and O–H groups in total. The summed E-state index contributed by atoms with van der Waals surface area (Å²) in [7, 11) is 0. The van der Waals surface area contributed by atoms with Crippen LogP contribution < -0.4 is 5.32 Å². The van der Waals surface area contributed by atoms with Gasteiger partial charge in [0.1, 0.15) is 6.17 Å². The summed E-state index contributed by atoms with van der Waals surface area (Å²) in [5, 5.41) is 3.30. The molecule has 2 rings (SSSR count). The van der Waals surface area contributed by atoms with Crippen molar-refractivity contribution in [1.29, 1.82) is 0 Å². The van der Waals surface area contributed by atoms with Crippen molar-refractivity contribution in [2.45, 2.75) is 31.3 Å². The minimum Gasteiger partial charge on any atom is -0.322 e. The molecule has 0 aliphatic carbocycles. The fraction of sp³-hybridized carbons (Fsp3) is 0.533. The normalized spacial score (nSPS) is 19.5. The van der Waals surface area contributed by atoms with Gasteiger partial charge in [-0.2, -0.15) is 0 Å². The van der Waals surface area contributed by atoms with E-state index in [4.69, 9.17) is 0 Å². The molecule has 0 radical (unpaired) electrons. The lowest BCUT2D eigenvalue weighted by Crippen LogP contribution is -2.31. The van der Waals surface area contributed by atoms with Crippen molar-refractivity contribution in [2.75, 3.05) is 19.3 Å². The maximum atomic E-state index is 12.0. The average Bonchev–Trinajstić information content (AvgIpc) is 2.78. The second-order valence-corrected chi connectivity index (χ2v) is 6.21.